The highest BCUT2D eigenvalue weighted by Crippen LogP contribution is 2.17. The zero-order valence-corrected chi connectivity index (χ0v) is 11.9. The molecule has 0 spiro atoms. The predicted octanol–water partition coefficient (Wildman–Crippen LogP) is 1.52. The van der Waals surface area contributed by atoms with Gasteiger partial charge in [-0.2, -0.15) is 0 Å². The summed E-state index contributed by atoms with van der Waals surface area (Å²) in [6.07, 6.45) is 1.56. The van der Waals surface area contributed by atoms with E-state index in [1.54, 1.807) is 17.0 Å². The fraction of sp³-hybridized carbons (Fsp3) is 0.467. The van der Waals surface area contributed by atoms with E-state index < -0.39 is 5.97 Å². The van der Waals surface area contributed by atoms with Crippen LogP contribution in [0.2, 0.25) is 0 Å². The number of benzene rings is 1. The Morgan fingerprint density at radius 2 is 2.05 bits per heavy atom. The molecule has 1 aromatic carbocycles. The van der Waals surface area contributed by atoms with Crippen LogP contribution < -0.4 is 11.1 Å². The summed E-state index contributed by atoms with van der Waals surface area (Å²) in [6.45, 7) is 2.06. The first-order chi connectivity index (χ1) is 10.1. The van der Waals surface area contributed by atoms with Crippen molar-refractivity contribution in [3.05, 3.63) is 29.8 Å². The molecule has 1 saturated heterocycles. The number of nitrogens with two attached hydrogens (primary N) is 1. The molecule has 1 aliphatic heterocycles. The maximum atomic E-state index is 12.1. The summed E-state index contributed by atoms with van der Waals surface area (Å²) in [6, 6.07) is 7.16. The van der Waals surface area contributed by atoms with Gasteiger partial charge in [-0.3, -0.25) is 4.79 Å². The average Bonchev–Trinajstić information content (AvgIpc) is 2.95. The lowest BCUT2D eigenvalue weighted by Gasteiger charge is -2.17. The van der Waals surface area contributed by atoms with Crippen LogP contribution in [0.15, 0.2) is 24.3 Å². The van der Waals surface area contributed by atoms with Gasteiger partial charge in [0.05, 0.1) is 0 Å². The van der Waals surface area contributed by atoms with Crippen LogP contribution in [0.1, 0.15) is 18.4 Å². The Balaban J connectivity index is 1.85. The van der Waals surface area contributed by atoms with E-state index in [1.165, 1.54) is 0 Å². The van der Waals surface area contributed by atoms with E-state index in [2.05, 4.69) is 5.32 Å². The van der Waals surface area contributed by atoms with Crippen molar-refractivity contribution in [2.45, 2.75) is 19.3 Å². The molecule has 1 atom stereocenters. The Bertz CT molecular complexity index is 501. The van der Waals surface area contributed by atoms with E-state index in [-0.39, 0.29) is 12.5 Å². The van der Waals surface area contributed by atoms with Gasteiger partial charge in [-0.25, -0.2) is 4.79 Å². The number of nitrogens with zero attached hydrogens (tertiary/aromatic N) is 1. The third kappa shape index (κ3) is 4.46. The number of hydrogen-bond acceptors (Lipinski definition) is 3. The minimum atomic E-state index is -0.809. The fourth-order valence-electron chi connectivity index (χ4n) is 2.42. The van der Waals surface area contributed by atoms with E-state index in [4.69, 9.17) is 10.8 Å². The first-order valence-electron chi connectivity index (χ1n) is 7.15. The molecule has 0 aromatic heterocycles. The molecule has 6 nitrogen and oxygen atoms in total. The van der Waals surface area contributed by atoms with Crippen molar-refractivity contribution in [3.63, 3.8) is 0 Å². The normalized spacial score (nSPS) is 17.8. The Hall–Kier alpha value is -2.08. The fourth-order valence-corrected chi connectivity index (χ4v) is 2.42. The summed E-state index contributed by atoms with van der Waals surface area (Å²) in [5.41, 5.74) is 7.28. The topological polar surface area (TPSA) is 95.7 Å². The molecule has 21 heavy (non-hydrogen) atoms. The number of aliphatic carboxylic acids is 1. The third-order valence-electron chi connectivity index (χ3n) is 3.74. The number of aryl methyl sites for hydroxylation is 1. The quantitative estimate of drug-likeness (QED) is 0.766. The van der Waals surface area contributed by atoms with Crippen molar-refractivity contribution in [1.29, 1.82) is 0 Å². The Morgan fingerprint density at radius 1 is 1.33 bits per heavy atom. The molecule has 1 aromatic rings. The second-order valence-corrected chi connectivity index (χ2v) is 5.36. The van der Waals surface area contributed by atoms with Gasteiger partial charge in [-0.1, -0.05) is 12.1 Å². The van der Waals surface area contributed by atoms with Crippen LogP contribution in [0, 0.1) is 5.92 Å². The molecule has 0 bridgehead atoms. The monoisotopic (exact) mass is 291 g/mol. The van der Waals surface area contributed by atoms with Crippen molar-refractivity contribution in [2.75, 3.05) is 25.0 Å². The predicted molar refractivity (Wildman–Crippen MR) is 80.2 cm³/mol. The number of carboxylic acids is 1. The van der Waals surface area contributed by atoms with Crippen LogP contribution in [0.3, 0.4) is 0 Å². The van der Waals surface area contributed by atoms with Crippen LogP contribution in [-0.2, 0) is 11.2 Å². The largest absolute Gasteiger partial charge is 0.481 e. The standard InChI is InChI=1S/C15H21N3O3/c16-9-12-7-8-18(10-12)15(21)17-13-4-1-11(2-5-13)3-6-14(19)20/h1-2,4-5,12H,3,6-10,16H2,(H,17,21)(H,19,20). The molecule has 1 aliphatic rings. The van der Waals surface area contributed by atoms with E-state index in [0.29, 0.717) is 25.4 Å². The van der Waals surface area contributed by atoms with E-state index >= 15 is 0 Å². The van der Waals surface area contributed by atoms with Gasteiger partial charge in [0.15, 0.2) is 0 Å². The first-order valence-corrected chi connectivity index (χ1v) is 7.15. The van der Waals surface area contributed by atoms with Crippen molar-refractivity contribution in [2.24, 2.45) is 11.7 Å². The summed E-state index contributed by atoms with van der Waals surface area (Å²) in [4.78, 5) is 24.4. The SMILES string of the molecule is NCC1CCN(C(=O)Nc2ccc(CCC(=O)O)cc2)C1. The molecule has 2 rings (SSSR count). The van der Waals surface area contributed by atoms with Crippen LogP contribution in [0.4, 0.5) is 10.5 Å². The lowest BCUT2D eigenvalue weighted by Crippen LogP contribution is -2.33. The number of nitrogens with one attached hydrogen (secondary N) is 1. The van der Waals surface area contributed by atoms with Crippen molar-refractivity contribution in [3.8, 4) is 0 Å². The number of anilines is 1. The summed E-state index contributed by atoms with van der Waals surface area (Å²) in [5.74, 6) is -0.412. The maximum Gasteiger partial charge on any atom is 0.321 e. The van der Waals surface area contributed by atoms with Crippen LogP contribution >= 0.6 is 0 Å². The van der Waals surface area contributed by atoms with Crippen LogP contribution in [0.25, 0.3) is 0 Å². The molecule has 1 heterocycles. The summed E-state index contributed by atoms with van der Waals surface area (Å²) >= 11 is 0. The molecule has 0 saturated carbocycles. The highest BCUT2D eigenvalue weighted by molar-refractivity contribution is 5.89. The van der Waals surface area contributed by atoms with Gasteiger partial charge in [0.1, 0.15) is 0 Å². The van der Waals surface area contributed by atoms with Crippen LogP contribution in [0.5, 0.6) is 0 Å². The van der Waals surface area contributed by atoms with Gasteiger partial charge in [0, 0.05) is 25.2 Å². The highest BCUT2D eigenvalue weighted by Gasteiger charge is 2.25. The van der Waals surface area contributed by atoms with Crippen molar-refractivity contribution >= 4 is 17.7 Å². The summed E-state index contributed by atoms with van der Waals surface area (Å²) in [7, 11) is 0. The zero-order valence-electron chi connectivity index (χ0n) is 11.9. The minimum Gasteiger partial charge on any atom is -0.481 e. The van der Waals surface area contributed by atoms with Gasteiger partial charge >= 0.3 is 12.0 Å². The molecular formula is C15H21N3O3. The van der Waals surface area contributed by atoms with E-state index in [1.807, 2.05) is 12.1 Å². The van der Waals surface area contributed by atoms with Gasteiger partial charge in [0.25, 0.3) is 0 Å². The van der Waals surface area contributed by atoms with Gasteiger partial charge in [0.2, 0.25) is 0 Å². The molecule has 1 unspecified atom stereocenters. The number of carbonyl (C=O) groups is 2. The number of likely N-dealkylation sites (tertiary alicyclic amines) is 1. The summed E-state index contributed by atoms with van der Waals surface area (Å²) in [5, 5.41) is 11.5. The number of rotatable bonds is 5. The van der Waals surface area contributed by atoms with E-state index in [0.717, 1.165) is 24.2 Å². The van der Waals surface area contributed by atoms with Gasteiger partial charge in [-0.15, -0.1) is 0 Å². The highest BCUT2D eigenvalue weighted by atomic mass is 16.4. The zero-order chi connectivity index (χ0) is 15.2. The lowest BCUT2D eigenvalue weighted by molar-refractivity contribution is -0.136. The second kappa shape index (κ2) is 7.08. The molecular weight excluding hydrogens is 270 g/mol. The Labute approximate surface area is 123 Å². The minimum absolute atomic E-state index is 0.107. The number of urea groups is 1. The maximum absolute atomic E-state index is 12.1. The molecule has 1 fully saturated rings. The molecule has 2 amide bonds. The summed E-state index contributed by atoms with van der Waals surface area (Å²) < 4.78 is 0. The molecule has 4 N–H and O–H groups in total. The average molecular weight is 291 g/mol. The smallest absolute Gasteiger partial charge is 0.321 e. The Morgan fingerprint density at radius 3 is 2.62 bits per heavy atom. The second-order valence-electron chi connectivity index (χ2n) is 5.36. The molecule has 6 heteroatoms. The number of carboxylic acid groups (broad SMARTS) is 1. The van der Waals surface area contributed by atoms with Crippen molar-refractivity contribution in [1.82, 2.24) is 4.90 Å². The molecule has 0 radical (unpaired) electrons. The Kier molecular flexibility index (Phi) is 5.16. The van der Waals surface area contributed by atoms with Gasteiger partial charge in [-0.05, 0) is 43.0 Å². The number of amides is 2. The molecule has 114 valence electrons. The number of hydrogen-bond donors (Lipinski definition) is 3. The first kappa shape index (κ1) is 15.3. The van der Waals surface area contributed by atoms with Gasteiger partial charge < -0.3 is 21.1 Å². The van der Waals surface area contributed by atoms with E-state index in [9.17, 15) is 9.59 Å². The molecule has 0 aliphatic carbocycles. The van der Waals surface area contributed by atoms with Crippen molar-refractivity contribution < 1.29 is 14.7 Å². The lowest BCUT2D eigenvalue weighted by atomic mass is 10.1. The number of carbonyl (C=O) groups excluding carboxylic acids is 1. The third-order valence-corrected chi connectivity index (χ3v) is 3.74. The van der Waals surface area contributed by atoms with Crippen LogP contribution in [-0.4, -0.2) is 41.6 Å².